The van der Waals surface area contributed by atoms with Crippen LogP contribution in [0, 0.1) is 5.82 Å². The monoisotopic (exact) mass is 340 g/mol. The molecule has 1 N–H and O–H groups in total. The van der Waals surface area contributed by atoms with E-state index < -0.39 is 0 Å². The van der Waals surface area contributed by atoms with Crippen LogP contribution in [0.3, 0.4) is 0 Å². The van der Waals surface area contributed by atoms with Crippen LogP contribution < -0.4 is 5.32 Å². The topological polar surface area (TPSA) is 42.0 Å². The highest BCUT2D eigenvalue weighted by atomic mass is 32.1. The van der Waals surface area contributed by atoms with E-state index in [2.05, 4.69) is 10.3 Å². The molecule has 1 heterocycles. The normalized spacial score (nSPS) is 10.6. The molecule has 3 rings (SSSR count). The van der Waals surface area contributed by atoms with Crippen LogP contribution in [0.1, 0.15) is 19.8 Å². The number of nitrogens with zero attached hydrogens (tertiary/aromatic N) is 1. The largest absolute Gasteiger partial charge is 0.325 e. The predicted molar refractivity (Wildman–Crippen MR) is 96.5 cm³/mol. The molecule has 1 aromatic heterocycles. The molecule has 3 aromatic rings. The second kappa shape index (κ2) is 7.36. The first-order valence-corrected chi connectivity index (χ1v) is 8.66. The third kappa shape index (κ3) is 3.51. The Morgan fingerprint density at radius 3 is 2.58 bits per heavy atom. The molecule has 0 fully saturated rings. The van der Waals surface area contributed by atoms with E-state index in [1.54, 1.807) is 18.2 Å². The van der Waals surface area contributed by atoms with Crippen LogP contribution in [-0.2, 0) is 4.79 Å². The summed E-state index contributed by atoms with van der Waals surface area (Å²) in [6.07, 6.45) is 1.27. The maximum Gasteiger partial charge on any atom is 0.224 e. The number of amides is 1. The zero-order valence-corrected chi connectivity index (χ0v) is 14.1. The van der Waals surface area contributed by atoms with E-state index in [1.165, 1.54) is 17.4 Å². The van der Waals surface area contributed by atoms with Gasteiger partial charge in [-0.05, 0) is 24.6 Å². The smallest absolute Gasteiger partial charge is 0.224 e. The lowest BCUT2D eigenvalue weighted by atomic mass is 10.1. The maximum absolute atomic E-state index is 13.9. The third-order valence-electron chi connectivity index (χ3n) is 3.56. The zero-order chi connectivity index (χ0) is 16.9. The lowest BCUT2D eigenvalue weighted by molar-refractivity contribution is -0.116. The summed E-state index contributed by atoms with van der Waals surface area (Å²) in [5.41, 5.74) is 2.77. The Bertz CT molecular complexity index is 860. The van der Waals surface area contributed by atoms with Crippen LogP contribution in [0.4, 0.5) is 10.1 Å². The average molecular weight is 340 g/mol. The second-order valence-electron chi connectivity index (χ2n) is 5.36. The van der Waals surface area contributed by atoms with Gasteiger partial charge in [0.05, 0.1) is 11.4 Å². The number of aromatic nitrogens is 1. The van der Waals surface area contributed by atoms with E-state index in [1.807, 2.05) is 36.6 Å². The first-order valence-electron chi connectivity index (χ1n) is 7.78. The first-order chi connectivity index (χ1) is 11.7. The fraction of sp³-hybridized carbons (Fsp3) is 0.158. The molecule has 0 atom stereocenters. The summed E-state index contributed by atoms with van der Waals surface area (Å²) in [6, 6.07) is 14.1. The number of thiazole rings is 1. The van der Waals surface area contributed by atoms with Crippen LogP contribution in [0.2, 0.25) is 0 Å². The van der Waals surface area contributed by atoms with Crippen molar-refractivity contribution in [3.05, 3.63) is 59.7 Å². The van der Waals surface area contributed by atoms with Gasteiger partial charge in [-0.2, -0.15) is 0 Å². The number of nitrogens with one attached hydrogen (secondary N) is 1. The van der Waals surface area contributed by atoms with E-state index in [-0.39, 0.29) is 11.7 Å². The number of rotatable bonds is 5. The molecular weight excluding hydrogens is 323 g/mol. The quantitative estimate of drug-likeness (QED) is 0.680. The molecule has 1 amide bonds. The van der Waals surface area contributed by atoms with E-state index >= 15 is 0 Å². The van der Waals surface area contributed by atoms with Gasteiger partial charge in [0.25, 0.3) is 0 Å². The highest BCUT2D eigenvalue weighted by molar-refractivity contribution is 7.13. The number of carbonyl (C=O) groups is 1. The number of hydrogen-bond donors (Lipinski definition) is 1. The molecule has 0 radical (unpaired) electrons. The fourth-order valence-electron chi connectivity index (χ4n) is 2.41. The molecule has 0 saturated heterocycles. The van der Waals surface area contributed by atoms with Gasteiger partial charge < -0.3 is 5.32 Å². The zero-order valence-electron chi connectivity index (χ0n) is 13.3. The molecule has 0 spiro atoms. The average Bonchev–Trinajstić information content (AvgIpc) is 3.05. The SMILES string of the molecule is CCCC(=O)Nc1ccccc1-c1csc(-c2ccccc2F)n1. The summed E-state index contributed by atoms with van der Waals surface area (Å²) in [6.45, 7) is 1.96. The van der Waals surface area contributed by atoms with E-state index in [0.717, 1.165) is 23.4 Å². The molecule has 3 nitrogen and oxygen atoms in total. The van der Waals surface area contributed by atoms with Crippen LogP contribution in [0.5, 0.6) is 0 Å². The van der Waals surface area contributed by atoms with Gasteiger partial charge in [0.2, 0.25) is 5.91 Å². The molecule has 122 valence electrons. The summed E-state index contributed by atoms with van der Waals surface area (Å²) >= 11 is 1.39. The predicted octanol–water partition coefficient (Wildman–Crippen LogP) is 5.35. The van der Waals surface area contributed by atoms with E-state index in [0.29, 0.717) is 17.0 Å². The highest BCUT2D eigenvalue weighted by Gasteiger charge is 2.13. The number of anilines is 1. The standard InChI is InChI=1S/C19H17FN2OS/c1-2-7-18(23)21-16-11-6-4-9-14(16)17-12-24-19(22-17)13-8-3-5-10-15(13)20/h3-6,8-12H,2,7H2,1H3,(H,21,23). The van der Waals surface area contributed by atoms with Crippen molar-refractivity contribution in [2.75, 3.05) is 5.32 Å². The van der Waals surface area contributed by atoms with E-state index in [4.69, 9.17) is 0 Å². The molecule has 0 bridgehead atoms. The lowest BCUT2D eigenvalue weighted by Gasteiger charge is -2.09. The highest BCUT2D eigenvalue weighted by Crippen LogP contribution is 2.33. The first kappa shape index (κ1) is 16.3. The van der Waals surface area contributed by atoms with Crippen molar-refractivity contribution < 1.29 is 9.18 Å². The fourth-order valence-corrected chi connectivity index (χ4v) is 3.26. The lowest BCUT2D eigenvalue weighted by Crippen LogP contribution is -2.11. The van der Waals surface area contributed by atoms with Gasteiger partial charge in [-0.15, -0.1) is 11.3 Å². The minimum Gasteiger partial charge on any atom is -0.325 e. The van der Waals surface area contributed by atoms with Gasteiger partial charge in [0, 0.05) is 22.9 Å². The minimum absolute atomic E-state index is 0.0190. The van der Waals surface area contributed by atoms with Crippen molar-refractivity contribution >= 4 is 22.9 Å². The molecule has 5 heteroatoms. The number of hydrogen-bond acceptors (Lipinski definition) is 3. The van der Waals surface area contributed by atoms with Gasteiger partial charge in [-0.3, -0.25) is 4.79 Å². The number of para-hydroxylation sites is 1. The number of halogens is 1. The second-order valence-corrected chi connectivity index (χ2v) is 6.22. The summed E-state index contributed by atoms with van der Waals surface area (Å²) in [4.78, 5) is 16.4. The third-order valence-corrected chi connectivity index (χ3v) is 4.44. The van der Waals surface area contributed by atoms with Crippen LogP contribution in [0.25, 0.3) is 21.8 Å². The van der Waals surface area contributed by atoms with Crippen molar-refractivity contribution in [2.24, 2.45) is 0 Å². The van der Waals surface area contributed by atoms with Crippen molar-refractivity contribution in [1.82, 2.24) is 4.98 Å². The number of benzene rings is 2. The summed E-state index contributed by atoms with van der Waals surface area (Å²) in [5, 5.41) is 5.43. The van der Waals surface area contributed by atoms with Crippen molar-refractivity contribution in [3.63, 3.8) is 0 Å². The van der Waals surface area contributed by atoms with Crippen LogP contribution in [-0.4, -0.2) is 10.9 Å². The van der Waals surface area contributed by atoms with Gasteiger partial charge >= 0.3 is 0 Å². The Morgan fingerprint density at radius 2 is 1.83 bits per heavy atom. The molecule has 24 heavy (non-hydrogen) atoms. The van der Waals surface area contributed by atoms with Crippen molar-refractivity contribution in [1.29, 1.82) is 0 Å². The van der Waals surface area contributed by atoms with E-state index in [9.17, 15) is 9.18 Å². The van der Waals surface area contributed by atoms with Gasteiger partial charge in [-0.1, -0.05) is 37.3 Å². The Hall–Kier alpha value is -2.53. The van der Waals surface area contributed by atoms with Crippen LogP contribution in [0.15, 0.2) is 53.9 Å². The Balaban J connectivity index is 1.93. The summed E-state index contributed by atoms with van der Waals surface area (Å²) in [7, 11) is 0. The molecule has 0 aliphatic carbocycles. The Kier molecular flexibility index (Phi) is 5.01. The van der Waals surface area contributed by atoms with Crippen molar-refractivity contribution in [3.8, 4) is 21.8 Å². The Morgan fingerprint density at radius 1 is 1.12 bits per heavy atom. The molecule has 0 unspecified atom stereocenters. The molecular formula is C19H17FN2OS. The minimum atomic E-state index is -0.289. The van der Waals surface area contributed by atoms with Gasteiger partial charge in [0.15, 0.2) is 0 Å². The summed E-state index contributed by atoms with van der Waals surface area (Å²) < 4.78 is 13.9. The molecule has 0 aliphatic rings. The van der Waals surface area contributed by atoms with Gasteiger partial charge in [0.1, 0.15) is 10.8 Å². The molecule has 2 aromatic carbocycles. The Labute approximate surface area is 144 Å². The van der Waals surface area contributed by atoms with Gasteiger partial charge in [-0.25, -0.2) is 9.37 Å². The van der Waals surface area contributed by atoms with Crippen molar-refractivity contribution in [2.45, 2.75) is 19.8 Å². The number of carbonyl (C=O) groups excluding carboxylic acids is 1. The maximum atomic E-state index is 13.9. The molecule has 0 saturated carbocycles. The summed E-state index contributed by atoms with van der Waals surface area (Å²) in [5.74, 6) is -0.308. The van der Waals surface area contributed by atoms with Crippen LogP contribution >= 0.6 is 11.3 Å². The molecule has 0 aliphatic heterocycles.